The maximum absolute atomic E-state index is 13.8. The number of carbonyl (C=O) groups is 2. The van der Waals surface area contributed by atoms with E-state index in [9.17, 15) is 14.7 Å². The molecule has 0 aromatic heterocycles. The molecule has 3 heterocycles. The van der Waals surface area contributed by atoms with Crippen molar-refractivity contribution in [2.45, 2.75) is 82.6 Å². The van der Waals surface area contributed by atoms with Crippen molar-refractivity contribution in [1.82, 2.24) is 10.3 Å². The van der Waals surface area contributed by atoms with E-state index in [-0.39, 0.29) is 24.7 Å². The number of alkyl carbamates (subject to hydrolysis) is 1. The Bertz CT molecular complexity index is 1280. The second kappa shape index (κ2) is 13.2. The molecular formula is C30H42BClN3O8. The number of ether oxygens (including phenoxy) is 4. The molecule has 0 spiro atoms. The van der Waals surface area contributed by atoms with Gasteiger partial charge in [0, 0.05) is 26.5 Å². The number of nitrogens with one attached hydrogen (secondary N) is 1. The van der Waals surface area contributed by atoms with Gasteiger partial charge in [0.05, 0.1) is 25.3 Å². The zero-order chi connectivity index (χ0) is 31.7. The predicted octanol–water partition coefficient (Wildman–Crippen LogP) is 3.66. The minimum atomic E-state index is -1.72. The molecule has 43 heavy (non-hydrogen) atoms. The van der Waals surface area contributed by atoms with Crippen LogP contribution in [-0.2, 0) is 30.3 Å². The van der Waals surface area contributed by atoms with E-state index in [2.05, 4.69) is 5.32 Å². The Labute approximate surface area is 259 Å². The number of benzene rings is 1. The van der Waals surface area contributed by atoms with E-state index in [4.69, 9.17) is 35.4 Å². The molecule has 2 amide bonds. The summed E-state index contributed by atoms with van der Waals surface area (Å²) in [7, 11) is 8.15. The van der Waals surface area contributed by atoms with Gasteiger partial charge < -0.3 is 33.8 Å². The Morgan fingerprint density at radius 1 is 1.28 bits per heavy atom. The second-order valence-electron chi connectivity index (χ2n) is 11.7. The summed E-state index contributed by atoms with van der Waals surface area (Å²) in [5.74, 6) is -0.136. The summed E-state index contributed by atoms with van der Waals surface area (Å²) in [6.07, 6.45) is 2.51. The van der Waals surface area contributed by atoms with Gasteiger partial charge in [-0.1, -0.05) is 49.1 Å². The summed E-state index contributed by atoms with van der Waals surface area (Å²) in [4.78, 5) is 35.7. The van der Waals surface area contributed by atoms with Crippen LogP contribution in [0, 0.1) is 5.92 Å². The monoisotopic (exact) mass is 618 g/mol. The van der Waals surface area contributed by atoms with E-state index in [1.807, 2.05) is 45.8 Å². The van der Waals surface area contributed by atoms with E-state index in [1.54, 1.807) is 33.7 Å². The molecule has 2 fully saturated rings. The molecule has 3 aliphatic rings. The molecular weight excluding hydrogens is 577 g/mol. The van der Waals surface area contributed by atoms with Gasteiger partial charge in [-0.3, -0.25) is 10.1 Å². The molecule has 13 heteroatoms. The van der Waals surface area contributed by atoms with Crippen LogP contribution in [0.1, 0.15) is 39.2 Å². The fourth-order valence-electron chi connectivity index (χ4n) is 5.85. The summed E-state index contributed by atoms with van der Waals surface area (Å²) in [6.45, 7) is 7.55. The van der Waals surface area contributed by atoms with E-state index in [0.29, 0.717) is 22.9 Å². The number of hydroxylamine groups is 1. The number of nitrogens with zero attached hydrogens (tertiary/aromatic N) is 2. The number of anilines is 1. The van der Waals surface area contributed by atoms with Gasteiger partial charge in [-0.15, -0.1) is 0 Å². The topological polar surface area (TPSA) is 122 Å². The zero-order valence-corrected chi connectivity index (χ0v) is 26.8. The fourth-order valence-corrected chi connectivity index (χ4v) is 6.16. The lowest BCUT2D eigenvalue weighted by atomic mass is 9.83. The molecule has 7 atom stereocenters. The van der Waals surface area contributed by atoms with Gasteiger partial charge >= 0.3 is 6.09 Å². The molecule has 4 rings (SSSR count). The largest absolute Gasteiger partial charge is 0.495 e. The first-order valence-electron chi connectivity index (χ1n) is 14.3. The average Bonchev–Trinajstić information content (AvgIpc) is 3.66. The molecule has 3 aliphatic heterocycles. The smallest absolute Gasteiger partial charge is 0.409 e. The molecule has 1 radical (unpaired) electrons. The third-order valence-electron chi connectivity index (χ3n) is 8.61. The Hall–Kier alpha value is -2.61. The molecule has 0 saturated carbocycles. The number of rotatable bonds is 5. The number of aliphatic hydroxyl groups is 1. The second-order valence-corrected chi connectivity index (χ2v) is 12.1. The summed E-state index contributed by atoms with van der Waals surface area (Å²) in [5.41, 5.74) is -0.232. The van der Waals surface area contributed by atoms with E-state index < -0.39 is 41.8 Å². The van der Waals surface area contributed by atoms with Gasteiger partial charge in [-0.05, 0) is 45.0 Å². The number of hydrogen-bond acceptors (Lipinski definition) is 9. The highest BCUT2D eigenvalue weighted by Crippen LogP contribution is 2.49. The Kier molecular flexibility index (Phi) is 10.2. The molecule has 11 nitrogen and oxygen atoms in total. The van der Waals surface area contributed by atoms with Crippen LogP contribution in [0.15, 0.2) is 35.9 Å². The standard InChI is InChI=1S/C30H42BClN3O8/c1-17-10-9-11-23(40-8)30(38)16-22(41-28(37)33-30)18(2)27-29(3,42-27)24(43-35(6)31-4)15-25(36)34(5)20-13-19(12-17)14-21(39-7)26(20)32/h9-11,13-14,18,22-24,27,38H,12,15-16H2,1-8H3,(H,33,37)/b11-9+,17-10+/t18-,22+,23-,24+,27+,29+,30+/m1/s1. The van der Waals surface area contributed by atoms with Crippen molar-refractivity contribution in [2.24, 2.45) is 5.92 Å². The lowest BCUT2D eigenvalue weighted by Gasteiger charge is -2.42. The van der Waals surface area contributed by atoms with Crippen LogP contribution in [0.2, 0.25) is 11.8 Å². The maximum atomic E-state index is 13.8. The molecule has 0 unspecified atom stereocenters. The Balaban J connectivity index is 1.79. The number of halogens is 1. The number of amides is 2. The molecule has 0 aliphatic carbocycles. The fraction of sp³-hybridized carbons (Fsp3) is 0.600. The first-order valence-corrected chi connectivity index (χ1v) is 14.7. The number of allylic oxidation sites excluding steroid dienone is 3. The SMILES string of the molecule is C[B]N(C)O[C@H]1CC(=O)N(C)c2cc(cc(OC)c2Cl)C/C(C)=C/C=C/[C@@H](OC)[C@@]2(O)C[C@H](OC(=O)N2)[C@@H](C)[C@@H]2O[C@@]12C. The highest BCUT2D eigenvalue weighted by molar-refractivity contribution is 6.35. The first-order chi connectivity index (χ1) is 20.3. The Morgan fingerprint density at radius 3 is 2.65 bits per heavy atom. The molecule has 2 saturated heterocycles. The van der Waals surface area contributed by atoms with Gasteiger partial charge in [-0.2, -0.15) is 0 Å². The van der Waals surface area contributed by atoms with Crippen LogP contribution in [0.25, 0.3) is 0 Å². The van der Waals surface area contributed by atoms with Gasteiger partial charge in [0.2, 0.25) is 13.3 Å². The summed E-state index contributed by atoms with van der Waals surface area (Å²) >= 11 is 6.70. The first kappa shape index (κ1) is 33.3. The van der Waals surface area contributed by atoms with Crippen molar-refractivity contribution in [3.63, 3.8) is 0 Å². The zero-order valence-electron chi connectivity index (χ0n) is 26.0. The number of hydrogen-bond donors (Lipinski definition) is 2. The number of carbonyl (C=O) groups excluding carboxylic acids is 2. The maximum Gasteiger partial charge on any atom is 0.409 e. The highest BCUT2D eigenvalue weighted by atomic mass is 35.5. The summed E-state index contributed by atoms with van der Waals surface area (Å²) in [5, 5.41) is 14.5. The lowest BCUT2D eigenvalue weighted by molar-refractivity contribution is -0.154. The predicted molar refractivity (Wildman–Crippen MR) is 163 cm³/mol. The minimum Gasteiger partial charge on any atom is -0.495 e. The number of methoxy groups -OCH3 is 2. The van der Waals surface area contributed by atoms with Crippen LogP contribution in [0.5, 0.6) is 5.75 Å². The van der Waals surface area contributed by atoms with Crippen molar-refractivity contribution >= 4 is 36.7 Å². The summed E-state index contributed by atoms with van der Waals surface area (Å²) in [6, 6.07) is 3.71. The number of epoxide rings is 1. The van der Waals surface area contributed by atoms with Crippen LogP contribution in [0.4, 0.5) is 10.5 Å². The molecule has 1 aromatic rings. The summed E-state index contributed by atoms with van der Waals surface area (Å²) < 4.78 is 23.0. The van der Waals surface area contributed by atoms with Crippen LogP contribution in [-0.4, -0.2) is 93.6 Å². The van der Waals surface area contributed by atoms with Gasteiger partial charge in [0.25, 0.3) is 0 Å². The van der Waals surface area contributed by atoms with Gasteiger partial charge in [0.1, 0.15) is 34.7 Å². The van der Waals surface area contributed by atoms with Gasteiger partial charge in [-0.25, -0.2) is 9.77 Å². The number of fused-ring (bicyclic) bond motifs is 5. The average molecular weight is 619 g/mol. The van der Waals surface area contributed by atoms with Crippen molar-refractivity contribution in [2.75, 3.05) is 33.2 Å². The molecule has 4 bridgehead atoms. The van der Waals surface area contributed by atoms with Gasteiger partial charge in [0.15, 0.2) is 5.72 Å². The Morgan fingerprint density at radius 2 is 2.00 bits per heavy atom. The third kappa shape index (κ3) is 7.05. The molecule has 235 valence electrons. The van der Waals surface area contributed by atoms with Crippen molar-refractivity contribution in [1.29, 1.82) is 0 Å². The molecule has 2 N–H and O–H groups in total. The highest BCUT2D eigenvalue weighted by Gasteiger charge is 2.64. The van der Waals surface area contributed by atoms with E-state index in [1.165, 1.54) is 24.1 Å². The van der Waals surface area contributed by atoms with Crippen LogP contribution >= 0.6 is 11.6 Å². The van der Waals surface area contributed by atoms with Crippen LogP contribution in [0.3, 0.4) is 0 Å². The van der Waals surface area contributed by atoms with E-state index >= 15 is 0 Å². The van der Waals surface area contributed by atoms with Crippen molar-refractivity contribution < 1.29 is 38.5 Å². The van der Waals surface area contributed by atoms with Crippen molar-refractivity contribution in [3.05, 3.63) is 46.5 Å². The van der Waals surface area contributed by atoms with Crippen LogP contribution < -0.4 is 15.0 Å². The lowest BCUT2D eigenvalue weighted by Crippen LogP contribution is -2.63. The third-order valence-corrected chi connectivity index (χ3v) is 8.99. The molecule has 1 aromatic carbocycles. The quantitative estimate of drug-likeness (QED) is 0.289. The van der Waals surface area contributed by atoms with Crippen molar-refractivity contribution in [3.8, 4) is 5.75 Å². The minimum absolute atomic E-state index is 0.0260. The van der Waals surface area contributed by atoms with E-state index in [0.717, 1.165) is 11.1 Å². The normalized spacial score (nSPS) is 35.3.